The number of amides is 1. The summed E-state index contributed by atoms with van der Waals surface area (Å²) in [6.07, 6.45) is 13.2. The van der Waals surface area contributed by atoms with Crippen LogP contribution < -0.4 is 15.0 Å². The Bertz CT molecular complexity index is 1040. The summed E-state index contributed by atoms with van der Waals surface area (Å²) in [7, 11) is 1.66. The molecule has 3 saturated heterocycles. The molecule has 2 atom stereocenters. The molecule has 1 aromatic heterocycles. The lowest BCUT2D eigenvalue weighted by molar-refractivity contribution is -0.132. The van der Waals surface area contributed by atoms with Crippen molar-refractivity contribution < 1.29 is 9.53 Å². The Morgan fingerprint density at radius 1 is 0.974 bits per heavy atom. The van der Waals surface area contributed by atoms with E-state index in [0.29, 0.717) is 18.5 Å². The van der Waals surface area contributed by atoms with E-state index in [2.05, 4.69) is 31.1 Å². The van der Waals surface area contributed by atoms with E-state index in [-0.39, 0.29) is 5.91 Å². The third-order valence-electron chi connectivity index (χ3n) is 8.36. The monoisotopic (exact) mass is 520 g/mol. The average molecular weight is 521 g/mol. The van der Waals surface area contributed by atoms with Crippen LogP contribution in [0.5, 0.6) is 5.75 Å². The number of anilines is 2. The van der Waals surface area contributed by atoms with Crippen molar-refractivity contribution in [1.82, 2.24) is 19.8 Å². The highest BCUT2D eigenvalue weighted by molar-refractivity contribution is 5.79. The first kappa shape index (κ1) is 26.7. The molecule has 3 aliphatic heterocycles. The molecule has 1 aromatic carbocycles. The summed E-state index contributed by atoms with van der Waals surface area (Å²) in [5.74, 6) is 2.81. The second-order valence-electron chi connectivity index (χ2n) is 11.1. The second kappa shape index (κ2) is 13.3. The molecule has 3 fully saturated rings. The van der Waals surface area contributed by atoms with Gasteiger partial charge in [0.15, 0.2) is 0 Å². The number of nitrogens with zero attached hydrogens (tertiary/aromatic N) is 5. The SMILES string of the molecule is COc1cccc(CC(=O)N2CCCC(N3CCCCC(Nc4nccc(N5CCCCCC5)n4)C3)C2)c1. The molecule has 0 bridgehead atoms. The molecule has 0 spiro atoms. The van der Waals surface area contributed by atoms with Gasteiger partial charge in [0.05, 0.1) is 13.5 Å². The van der Waals surface area contributed by atoms with Crippen LogP contribution in [-0.2, 0) is 11.2 Å². The summed E-state index contributed by atoms with van der Waals surface area (Å²) in [6, 6.07) is 10.6. The number of hydrogen-bond acceptors (Lipinski definition) is 7. The van der Waals surface area contributed by atoms with Crippen molar-refractivity contribution in [3.63, 3.8) is 0 Å². The van der Waals surface area contributed by atoms with E-state index in [1.165, 1.54) is 38.5 Å². The van der Waals surface area contributed by atoms with Gasteiger partial charge < -0.3 is 19.9 Å². The highest BCUT2D eigenvalue weighted by atomic mass is 16.5. The summed E-state index contributed by atoms with van der Waals surface area (Å²) >= 11 is 0. The van der Waals surface area contributed by atoms with Gasteiger partial charge in [0.2, 0.25) is 11.9 Å². The van der Waals surface area contributed by atoms with Crippen molar-refractivity contribution >= 4 is 17.7 Å². The lowest BCUT2D eigenvalue weighted by atomic mass is 10.0. The van der Waals surface area contributed by atoms with Crippen molar-refractivity contribution in [3.05, 3.63) is 42.1 Å². The number of ether oxygens (including phenoxy) is 1. The molecule has 8 nitrogen and oxygen atoms in total. The maximum atomic E-state index is 13.2. The molecule has 1 N–H and O–H groups in total. The van der Waals surface area contributed by atoms with E-state index in [4.69, 9.17) is 9.72 Å². The van der Waals surface area contributed by atoms with Crippen LogP contribution in [0.2, 0.25) is 0 Å². The van der Waals surface area contributed by atoms with Gasteiger partial charge in [-0.3, -0.25) is 9.69 Å². The fourth-order valence-electron chi connectivity index (χ4n) is 6.25. The van der Waals surface area contributed by atoms with Crippen LogP contribution in [0.1, 0.15) is 63.4 Å². The first-order chi connectivity index (χ1) is 18.7. The molecular weight excluding hydrogens is 476 g/mol. The molecule has 2 unspecified atom stereocenters. The first-order valence-corrected chi connectivity index (χ1v) is 14.7. The summed E-state index contributed by atoms with van der Waals surface area (Å²) in [4.78, 5) is 29.8. The Kier molecular flexibility index (Phi) is 9.33. The summed E-state index contributed by atoms with van der Waals surface area (Å²) in [6.45, 7) is 5.91. The number of methoxy groups -OCH3 is 1. The number of aromatic nitrogens is 2. The third-order valence-corrected chi connectivity index (χ3v) is 8.36. The Balaban J connectivity index is 1.18. The number of hydrogen-bond donors (Lipinski definition) is 1. The largest absolute Gasteiger partial charge is 0.497 e. The van der Waals surface area contributed by atoms with Gasteiger partial charge in [0, 0.05) is 51.0 Å². The molecule has 206 valence electrons. The molecule has 8 heteroatoms. The lowest BCUT2D eigenvalue weighted by Gasteiger charge is -2.40. The van der Waals surface area contributed by atoms with E-state index in [9.17, 15) is 4.79 Å². The molecule has 0 aliphatic carbocycles. The van der Waals surface area contributed by atoms with Gasteiger partial charge in [-0.2, -0.15) is 4.98 Å². The zero-order valence-corrected chi connectivity index (χ0v) is 23.0. The van der Waals surface area contributed by atoms with Crippen molar-refractivity contribution in [2.45, 2.75) is 76.3 Å². The molecular formula is C30H44N6O2. The number of piperidine rings is 1. The molecule has 0 radical (unpaired) electrons. The standard InChI is InChI=1S/C30H44N6O2/c1-38-27-13-8-10-24(20-27)21-29(37)36-19-9-12-26(23-36)35-18-7-4-11-25(22-35)32-30-31-15-14-28(33-30)34-16-5-2-3-6-17-34/h8,10,13-15,20,25-26H,2-7,9,11-12,16-19,21-23H2,1H3,(H,31,32,33). The van der Waals surface area contributed by atoms with Gasteiger partial charge >= 0.3 is 0 Å². The van der Waals surface area contributed by atoms with Crippen molar-refractivity contribution in [2.75, 3.05) is 56.6 Å². The van der Waals surface area contributed by atoms with Gasteiger partial charge in [0.25, 0.3) is 0 Å². The Hall–Kier alpha value is -2.87. The minimum atomic E-state index is 0.214. The quantitative estimate of drug-likeness (QED) is 0.581. The van der Waals surface area contributed by atoms with Crippen molar-refractivity contribution in [2.24, 2.45) is 0 Å². The van der Waals surface area contributed by atoms with E-state index >= 15 is 0 Å². The van der Waals surface area contributed by atoms with E-state index in [1.807, 2.05) is 30.5 Å². The van der Waals surface area contributed by atoms with Crippen LogP contribution in [-0.4, -0.2) is 84.1 Å². The van der Waals surface area contributed by atoms with Gasteiger partial charge in [-0.05, 0) is 68.8 Å². The number of carbonyl (C=O) groups is 1. The highest BCUT2D eigenvalue weighted by Crippen LogP contribution is 2.24. The zero-order valence-electron chi connectivity index (χ0n) is 23.0. The van der Waals surface area contributed by atoms with Crippen molar-refractivity contribution in [1.29, 1.82) is 0 Å². The van der Waals surface area contributed by atoms with Crippen LogP contribution in [0.15, 0.2) is 36.5 Å². The zero-order chi connectivity index (χ0) is 26.2. The normalized spacial score (nSPS) is 23.4. The van der Waals surface area contributed by atoms with Gasteiger partial charge in [-0.15, -0.1) is 0 Å². The molecule has 38 heavy (non-hydrogen) atoms. The van der Waals surface area contributed by atoms with E-state index < -0.39 is 0 Å². The third kappa shape index (κ3) is 7.16. The maximum absolute atomic E-state index is 13.2. The molecule has 0 saturated carbocycles. The van der Waals surface area contributed by atoms with Crippen LogP contribution in [0.4, 0.5) is 11.8 Å². The maximum Gasteiger partial charge on any atom is 0.227 e. The van der Waals surface area contributed by atoms with Gasteiger partial charge in [-0.1, -0.05) is 31.4 Å². The molecule has 5 rings (SSSR count). The summed E-state index contributed by atoms with van der Waals surface area (Å²) < 4.78 is 5.34. The van der Waals surface area contributed by atoms with Gasteiger partial charge in [-0.25, -0.2) is 4.98 Å². The minimum Gasteiger partial charge on any atom is -0.497 e. The fraction of sp³-hybridized carbons (Fsp3) is 0.633. The fourth-order valence-corrected chi connectivity index (χ4v) is 6.25. The van der Waals surface area contributed by atoms with Crippen LogP contribution in [0.3, 0.4) is 0 Å². The number of likely N-dealkylation sites (tertiary alicyclic amines) is 2. The molecule has 1 amide bonds. The van der Waals surface area contributed by atoms with E-state index in [1.54, 1.807) is 7.11 Å². The number of carbonyl (C=O) groups excluding carboxylic acids is 1. The Labute approximate surface area is 227 Å². The van der Waals surface area contributed by atoms with E-state index in [0.717, 1.165) is 81.6 Å². The number of rotatable bonds is 7. The topological polar surface area (TPSA) is 73.8 Å². The van der Waals surface area contributed by atoms with Crippen molar-refractivity contribution in [3.8, 4) is 5.75 Å². The number of nitrogens with one attached hydrogen (secondary N) is 1. The second-order valence-corrected chi connectivity index (χ2v) is 11.1. The minimum absolute atomic E-state index is 0.214. The Morgan fingerprint density at radius 2 is 1.82 bits per heavy atom. The lowest BCUT2D eigenvalue weighted by Crippen LogP contribution is -2.52. The molecule has 3 aliphatic rings. The summed E-state index contributed by atoms with van der Waals surface area (Å²) in [5.41, 5.74) is 1.01. The van der Waals surface area contributed by atoms with Crippen LogP contribution in [0.25, 0.3) is 0 Å². The first-order valence-electron chi connectivity index (χ1n) is 14.7. The highest BCUT2D eigenvalue weighted by Gasteiger charge is 2.30. The molecule has 2 aromatic rings. The molecule has 4 heterocycles. The van der Waals surface area contributed by atoms with Gasteiger partial charge in [0.1, 0.15) is 11.6 Å². The number of benzene rings is 1. The van der Waals surface area contributed by atoms with Crippen LogP contribution >= 0.6 is 0 Å². The predicted octanol–water partition coefficient (Wildman–Crippen LogP) is 4.37. The summed E-state index contributed by atoms with van der Waals surface area (Å²) in [5, 5.41) is 3.68. The average Bonchev–Trinajstić information content (AvgIpc) is 3.37. The van der Waals surface area contributed by atoms with Crippen LogP contribution in [0, 0.1) is 0 Å². The Morgan fingerprint density at radius 3 is 2.66 bits per heavy atom. The smallest absolute Gasteiger partial charge is 0.227 e. The predicted molar refractivity (Wildman–Crippen MR) is 152 cm³/mol.